The second-order valence-corrected chi connectivity index (χ2v) is 5.50. The molecule has 0 fully saturated rings. The Labute approximate surface area is 115 Å². The molecular formula is C14H15N3OS. The quantitative estimate of drug-likeness (QED) is 0.791. The molecule has 4 nitrogen and oxygen atoms in total. The lowest BCUT2D eigenvalue weighted by molar-refractivity contribution is 0.519. The van der Waals surface area contributed by atoms with Crippen LogP contribution in [-0.2, 0) is 12.8 Å². The number of anilines is 1. The molecule has 0 unspecified atom stereocenters. The molecule has 0 amide bonds. The van der Waals surface area contributed by atoms with Gasteiger partial charge in [0, 0.05) is 11.8 Å². The van der Waals surface area contributed by atoms with E-state index in [2.05, 4.69) is 16.9 Å². The van der Waals surface area contributed by atoms with Crippen molar-refractivity contribution in [3.05, 3.63) is 40.7 Å². The van der Waals surface area contributed by atoms with Crippen molar-refractivity contribution in [3.63, 3.8) is 0 Å². The van der Waals surface area contributed by atoms with E-state index < -0.39 is 0 Å². The first-order chi connectivity index (χ1) is 9.20. The van der Waals surface area contributed by atoms with E-state index in [9.17, 15) is 0 Å². The molecule has 0 aliphatic carbocycles. The van der Waals surface area contributed by atoms with Crippen LogP contribution in [0.2, 0.25) is 0 Å². The van der Waals surface area contributed by atoms with Gasteiger partial charge in [0.1, 0.15) is 5.52 Å². The first-order valence-corrected chi connectivity index (χ1v) is 7.14. The second-order valence-electron chi connectivity index (χ2n) is 4.61. The first-order valence-electron chi connectivity index (χ1n) is 6.26. The lowest BCUT2D eigenvalue weighted by atomic mass is 10.2. The summed E-state index contributed by atoms with van der Waals surface area (Å²) in [6.45, 7) is 2.06. The van der Waals surface area contributed by atoms with Gasteiger partial charge >= 0.3 is 0 Å². The fourth-order valence-corrected chi connectivity index (χ4v) is 2.65. The van der Waals surface area contributed by atoms with E-state index in [1.54, 1.807) is 0 Å². The van der Waals surface area contributed by atoms with E-state index in [0.29, 0.717) is 5.13 Å². The third-order valence-corrected chi connectivity index (χ3v) is 3.70. The molecule has 5 heteroatoms. The van der Waals surface area contributed by atoms with Crippen molar-refractivity contribution in [2.45, 2.75) is 26.2 Å². The molecule has 2 heterocycles. The van der Waals surface area contributed by atoms with Crippen molar-refractivity contribution in [2.75, 3.05) is 5.73 Å². The van der Waals surface area contributed by atoms with Crippen LogP contribution in [-0.4, -0.2) is 9.97 Å². The maximum Gasteiger partial charge on any atom is 0.195 e. The van der Waals surface area contributed by atoms with Crippen molar-refractivity contribution in [1.29, 1.82) is 0 Å². The van der Waals surface area contributed by atoms with E-state index in [1.165, 1.54) is 16.9 Å². The Hall–Kier alpha value is -1.88. The number of oxazole rings is 1. The highest BCUT2D eigenvalue weighted by molar-refractivity contribution is 7.13. The number of nitrogens with two attached hydrogens (primary N) is 1. The van der Waals surface area contributed by atoms with Gasteiger partial charge in [0.15, 0.2) is 16.6 Å². The minimum absolute atomic E-state index is 0.632. The summed E-state index contributed by atoms with van der Waals surface area (Å²) in [7, 11) is 0. The highest BCUT2D eigenvalue weighted by Crippen LogP contribution is 2.19. The topological polar surface area (TPSA) is 64.9 Å². The van der Waals surface area contributed by atoms with Gasteiger partial charge in [-0.3, -0.25) is 0 Å². The minimum atomic E-state index is 0.632. The van der Waals surface area contributed by atoms with Gasteiger partial charge in [-0.05, 0) is 37.5 Å². The number of rotatable bonds is 4. The number of nitrogens with zero attached hydrogens (tertiary/aromatic N) is 2. The predicted octanol–water partition coefficient (Wildman–Crippen LogP) is 3.35. The predicted molar refractivity (Wildman–Crippen MR) is 77.3 cm³/mol. The monoisotopic (exact) mass is 273 g/mol. The number of benzene rings is 1. The number of nitrogen functional groups attached to an aromatic ring is 1. The Kier molecular flexibility index (Phi) is 3.21. The van der Waals surface area contributed by atoms with Gasteiger partial charge < -0.3 is 10.2 Å². The molecule has 0 aliphatic rings. The summed E-state index contributed by atoms with van der Waals surface area (Å²) in [5.41, 5.74) is 9.65. The van der Waals surface area contributed by atoms with Gasteiger partial charge in [0.25, 0.3) is 0 Å². The highest BCUT2D eigenvalue weighted by Gasteiger charge is 2.06. The normalized spacial score (nSPS) is 11.2. The van der Waals surface area contributed by atoms with Gasteiger partial charge in [-0.25, -0.2) is 9.97 Å². The Morgan fingerprint density at radius 1 is 1.26 bits per heavy atom. The third-order valence-electron chi connectivity index (χ3n) is 2.98. The maximum atomic E-state index is 5.71. The maximum absolute atomic E-state index is 5.71. The zero-order valence-corrected chi connectivity index (χ0v) is 11.5. The van der Waals surface area contributed by atoms with Crippen LogP contribution in [0, 0.1) is 6.92 Å². The SMILES string of the molecule is Cc1ccc2oc(CCCc3csc(N)n3)nc2c1. The third kappa shape index (κ3) is 2.76. The molecular weight excluding hydrogens is 258 g/mol. The number of aromatic nitrogens is 2. The smallest absolute Gasteiger partial charge is 0.195 e. The molecule has 0 atom stereocenters. The molecule has 0 radical (unpaired) electrons. The Morgan fingerprint density at radius 3 is 2.95 bits per heavy atom. The number of hydrogen-bond acceptors (Lipinski definition) is 5. The van der Waals surface area contributed by atoms with Crippen LogP contribution in [0.5, 0.6) is 0 Å². The summed E-state index contributed by atoms with van der Waals surface area (Å²) in [4.78, 5) is 8.74. The first kappa shape index (κ1) is 12.2. The van der Waals surface area contributed by atoms with Crippen molar-refractivity contribution in [3.8, 4) is 0 Å². The van der Waals surface area contributed by atoms with Crippen LogP contribution in [0.25, 0.3) is 11.1 Å². The standard InChI is InChI=1S/C14H15N3OS/c1-9-5-6-12-11(7-9)17-13(18-12)4-2-3-10-8-19-14(15)16-10/h5-8H,2-4H2,1H3,(H2,15,16). The van der Waals surface area contributed by atoms with E-state index in [0.717, 1.165) is 41.9 Å². The van der Waals surface area contributed by atoms with Crippen LogP contribution >= 0.6 is 11.3 Å². The van der Waals surface area contributed by atoms with Crippen LogP contribution in [0.1, 0.15) is 23.6 Å². The minimum Gasteiger partial charge on any atom is -0.441 e. The number of fused-ring (bicyclic) bond motifs is 1. The van der Waals surface area contributed by atoms with E-state index in [1.807, 2.05) is 23.6 Å². The van der Waals surface area contributed by atoms with E-state index in [-0.39, 0.29) is 0 Å². The molecule has 0 saturated heterocycles. The fourth-order valence-electron chi connectivity index (χ4n) is 2.05. The summed E-state index contributed by atoms with van der Waals surface area (Å²) in [6.07, 6.45) is 2.70. The molecule has 1 aromatic carbocycles. The molecule has 2 aromatic heterocycles. The summed E-state index contributed by atoms with van der Waals surface area (Å²) in [5, 5.41) is 2.64. The number of hydrogen-bond donors (Lipinski definition) is 1. The average molecular weight is 273 g/mol. The van der Waals surface area contributed by atoms with Crippen LogP contribution in [0.4, 0.5) is 5.13 Å². The Balaban J connectivity index is 1.65. The molecule has 3 aromatic rings. The van der Waals surface area contributed by atoms with E-state index in [4.69, 9.17) is 10.2 Å². The molecule has 0 saturated carbocycles. The summed E-state index contributed by atoms with van der Waals surface area (Å²) >= 11 is 1.48. The second kappa shape index (κ2) is 5.01. The molecule has 0 aliphatic heterocycles. The van der Waals surface area contributed by atoms with Gasteiger partial charge in [-0.2, -0.15) is 0 Å². The summed E-state index contributed by atoms with van der Waals surface area (Å²) < 4.78 is 5.71. The highest BCUT2D eigenvalue weighted by atomic mass is 32.1. The van der Waals surface area contributed by atoms with Crippen LogP contribution < -0.4 is 5.73 Å². The van der Waals surface area contributed by atoms with Crippen molar-refractivity contribution < 1.29 is 4.42 Å². The van der Waals surface area contributed by atoms with Gasteiger partial charge in [-0.15, -0.1) is 11.3 Å². The average Bonchev–Trinajstić information content (AvgIpc) is 2.95. The van der Waals surface area contributed by atoms with Gasteiger partial charge in [-0.1, -0.05) is 6.07 Å². The van der Waals surface area contributed by atoms with Crippen molar-refractivity contribution in [2.24, 2.45) is 0 Å². The zero-order valence-electron chi connectivity index (χ0n) is 10.7. The molecule has 98 valence electrons. The summed E-state index contributed by atoms with van der Waals surface area (Å²) in [5.74, 6) is 0.795. The lowest BCUT2D eigenvalue weighted by Gasteiger charge is -1.94. The van der Waals surface area contributed by atoms with Crippen molar-refractivity contribution in [1.82, 2.24) is 9.97 Å². The largest absolute Gasteiger partial charge is 0.441 e. The molecule has 2 N–H and O–H groups in total. The summed E-state index contributed by atoms with van der Waals surface area (Å²) in [6, 6.07) is 6.06. The van der Waals surface area contributed by atoms with Crippen LogP contribution in [0.15, 0.2) is 28.0 Å². The molecule has 0 spiro atoms. The molecule has 19 heavy (non-hydrogen) atoms. The van der Waals surface area contributed by atoms with Gasteiger partial charge in [0.05, 0.1) is 5.69 Å². The van der Waals surface area contributed by atoms with E-state index >= 15 is 0 Å². The Bertz CT molecular complexity index is 702. The van der Waals surface area contributed by atoms with Crippen molar-refractivity contribution >= 4 is 27.6 Å². The molecule has 3 rings (SSSR count). The number of thiazole rings is 1. The van der Waals surface area contributed by atoms with Crippen LogP contribution in [0.3, 0.4) is 0 Å². The fraction of sp³-hybridized carbons (Fsp3) is 0.286. The Morgan fingerprint density at radius 2 is 2.16 bits per heavy atom. The lowest BCUT2D eigenvalue weighted by Crippen LogP contribution is -1.91. The number of aryl methyl sites for hydroxylation is 3. The zero-order chi connectivity index (χ0) is 13.2. The molecule has 0 bridgehead atoms. The van der Waals surface area contributed by atoms with Gasteiger partial charge in [0.2, 0.25) is 0 Å².